The van der Waals surface area contributed by atoms with E-state index in [0.29, 0.717) is 15.8 Å². The normalized spacial score (nSPS) is 10.4. The molecule has 0 aliphatic rings. The number of aromatic nitrogens is 1. The number of carbonyl (C=O) groups is 1. The number of nitrogen functional groups attached to an aromatic ring is 1. The number of hydrogen-bond acceptors (Lipinski definition) is 5. The predicted octanol–water partition coefficient (Wildman–Crippen LogP) is 4.22. The molecule has 0 unspecified atom stereocenters. The quantitative estimate of drug-likeness (QED) is 0.743. The van der Waals surface area contributed by atoms with Crippen molar-refractivity contribution in [2.75, 3.05) is 11.1 Å². The van der Waals surface area contributed by atoms with Crippen molar-refractivity contribution >= 4 is 28.1 Å². The Hall–Kier alpha value is -2.93. The Morgan fingerprint density at radius 1 is 1.25 bits per heavy atom. The predicted molar refractivity (Wildman–Crippen MR) is 92.1 cm³/mol. The molecular weight excluding hydrogens is 329 g/mol. The SMILES string of the molecule is Cc1nc(N)c(C(=O)Nc2ccc(Oc3ccccc3)s2)cc1F. The summed E-state index contributed by atoms with van der Waals surface area (Å²) in [5.41, 5.74) is 5.84. The summed E-state index contributed by atoms with van der Waals surface area (Å²) in [6.07, 6.45) is 0. The molecule has 0 fully saturated rings. The zero-order chi connectivity index (χ0) is 17.1. The maximum absolute atomic E-state index is 13.6. The van der Waals surface area contributed by atoms with E-state index in [-0.39, 0.29) is 17.1 Å². The molecule has 1 amide bonds. The third-order valence-corrected chi connectivity index (χ3v) is 4.08. The molecule has 0 atom stereocenters. The average molecular weight is 343 g/mol. The average Bonchev–Trinajstić information content (AvgIpc) is 2.98. The standard InChI is InChI=1S/C17H14FN3O2S/c1-10-13(18)9-12(16(19)20-10)17(22)21-14-7-8-15(24-14)23-11-5-3-2-4-6-11/h2-9H,1H3,(H2,19,20)(H,21,22). The van der Waals surface area contributed by atoms with Crippen LogP contribution in [0.2, 0.25) is 0 Å². The van der Waals surface area contributed by atoms with E-state index in [2.05, 4.69) is 10.3 Å². The second-order valence-corrected chi connectivity index (χ2v) is 6.02. The summed E-state index contributed by atoms with van der Waals surface area (Å²) in [4.78, 5) is 16.1. The molecule has 0 aliphatic heterocycles. The number of pyridine rings is 1. The Morgan fingerprint density at radius 3 is 2.75 bits per heavy atom. The molecule has 1 aromatic carbocycles. The van der Waals surface area contributed by atoms with Crippen LogP contribution in [0.4, 0.5) is 15.2 Å². The minimum absolute atomic E-state index is 0.00275. The lowest BCUT2D eigenvalue weighted by Gasteiger charge is -2.07. The third-order valence-electron chi connectivity index (χ3n) is 3.21. The second kappa shape index (κ2) is 6.67. The molecule has 3 N–H and O–H groups in total. The number of rotatable bonds is 4. The van der Waals surface area contributed by atoms with E-state index in [9.17, 15) is 9.18 Å². The van der Waals surface area contributed by atoms with E-state index in [4.69, 9.17) is 10.5 Å². The summed E-state index contributed by atoms with van der Waals surface area (Å²) in [5, 5.41) is 3.85. The summed E-state index contributed by atoms with van der Waals surface area (Å²) < 4.78 is 19.3. The van der Waals surface area contributed by atoms with E-state index in [0.717, 1.165) is 6.07 Å². The minimum atomic E-state index is -0.575. The van der Waals surface area contributed by atoms with Gasteiger partial charge in [0.1, 0.15) is 17.4 Å². The highest BCUT2D eigenvalue weighted by molar-refractivity contribution is 7.18. The van der Waals surface area contributed by atoms with Crippen molar-refractivity contribution in [1.82, 2.24) is 4.98 Å². The minimum Gasteiger partial charge on any atom is -0.447 e. The maximum Gasteiger partial charge on any atom is 0.260 e. The number of anilines is 2. The number of thiophene rings is 1. The van der Waals surface area contributed by atoms with Gasteiger partial charge in [-0.3, -0.25) is 4.79 Å². The zero-order valence-electron chi connectivity index (χ0n) is 12.7. The van der Waals surface area contributed by atoms with Gasteiger partial charge in [0.2, 0.25) is 0 Å². The summed E-state index contributed by atoms with van der Waals surface area (Å²) in [6.45, 7) is 1.49. The number of carbonyl (C=O) groups excluding carboxylic acids is 1. The highest BCUT2D eigenvalue weighted by atomic mass is 32.1. The van der Waals surface area contributed by atoms with E-state index in [1.807, 2.05) is 30.3 Å². The summed E-state index contributed by atoms with van der Waals surface area (Å²) in [7, 11) is 0. The fraction of sp³-hybridized carbons (Fsp3) is 0.0588. The van der Waals surface area contributed by atoms with Gasteiger partial charge >= 0.3 is 0 Å². The Bertz CT molecular complexity index is 881. The fourth-order valence-corrected chi connectivity index (χ4v) is 2.78. The lowest BCUT2D eigenvalue weighted by atomic mass is 10.2. The molecule has 0 saturated heterocycles. The molecule has 2 heterocycles. The van der Waals surface area contributed by atoms with Gasteiger partial charge in [-0.2, -0.15) is 0 Å². The molecule has 0 aliphatic carbocycles. The van der Waals surface area contributed by atoms with Crippen molar-refractivity contribution in [3.05, 3.63) is 65.6 Å². The molecule has 0 spiro atoms. The van der Waals surface area contributed by atoms with Gasteiger partial charge in [-0.25, -0.2) is 9.37 Å². The van der Waals surface area contributed by atoms with Crippen molar-refractivity contribution in [1.29, 1.82) is 0 Å². The van der Waals surface area contributed by atoms with Crippen molar-refractivity contribution in [2.24, 2.45) is 0 Å². The van der Waals surface area contributed by atoms with Gasteiger partial charge in [-0.05, 0) is 37.3 Å². The Balaban J connectivity index is 1.73. The first-order chi connectivity index (χ1) is 11.5. The molecule has 5 nitrogen and oxygen atoms in total. The molecule has 7 heteroatoms. The van der Waals surface area contributed by atoms with Gasteiger partial charge in [0.15, 0.2) is 5.06 Å². The molecule has 0 saturated carbocycles. The van der Waals surface area contributed by atoms with Crippen LogP contribution >= 0.6 is 11.3 Å². The van der Waals surface area contributed by atoms with E-state index in [1.54, 1.807) is 12.1 Å². The summed E-state index contributed by atoms with van der Waals surface area (Å²) >= 11 is 1.25. The number of aryl methyl sites for hydroxylation is 1. The number of benzene rings is 1. The lowest BCUT2D eigenvalue weighted by Crippen LogP contribution is -2.15. The molecule has 2 aromatic heterocycles. The summed E-state index contributed by atoms with van der Waals surface area (Å²) in [6, 6.07) is 13.8. The number of hydrogen-bond donors (Lipinski definition) is 2. The fourth-order valence-electron chi connectivity index (χ4n) is 2.01. The van der Waals surface area contributed by atoms with Gasteiger partial charge < -0.3 is 15.8 Å². The van der Waals surface area contributed by atoms with Gasteiger partial charge in [0, 0.05) is 0 Å². The second-order valence-electron chi connectivity index (χ2n) is 4.98. The molecule has 3 rings (SSSR count). The Morgan fingerprint density at radius 2 is 2.00 bits per heavy atom. The van der Waals surface area contributed by atoms with Crippen LogP contribution in [0.25, 0.3) is 0 Å². The van der Waals surface area contributed by atoms with Gasteiger partial charge in [-0.1, -0.05) is 29.5 Å². The maximum atomic E-state index is 13.6. The van der Waals surface area contributed by atoms with Crippen LogP contribution in [-0.4, -0.2) is 10.9 Å². The van der Waals surface area contributed by atoms with Crippen LogP contribution in [-0.2, 0) is 0 Å². The topological polar surface area (TPSA) is 77.2 Å². The van der Waals surface area contributed by atoms with Crippen LogP contribution in [0.15, 0.2) is 48.5 Å². The number of amides is 1. The number of halogens is 1. The largest absolute Gasteiger partial charge is 0.447 e. The van der Waals surface area contributed by atoms with Crippen molar-refractivity contribution < 1.29 is 13.9 Å². The van der Waals surface area contributed by atoms with Crippen molar-refractivity contribution in [2.45, 2.75) is 6.92 Å². The Labute approximate surface area is 141 Å². The zero-order valence-corrected chi connectivity index (χ0v) is 13.6. The van der Waals surface area contributed by atoms with Crippen molar-refractivity contribution in [3.8, 4) is 10.8 Å². The first kappa shape index (κ1) is 15.9. The van der Waals surface area contributed by atoms with Gasteiger partial charge in [0.05, 0.1) is 16.3 Å². The van der Waals surface area contributed by atoms with Crippen LogP contribution in [0.3, 0.4) is 0 Å². The van der Waals surface area contributed by atoms with Crippen LogP contribution in [0.5, 0.6) is 10.8 Å². The van der Waals surface area contributed by atoms with Crippen molar-refractivity contribution in [3.63, 3.8) is 0 Å². The number of nitrogens with zero attached hydrogens (tertiary/aromatic N) is 1. The Kier molecular flexibility index (Phi) is 4.43. The molecule has 24 heavy (non-hydrogen) atoms. The number of nitrogens with two attached hydrogens (primary N) is 1. The smallest absolute Gasteiger partial charge is 0.260 e. The van der Waals surface area contributed by atoms with Crippen LogP contribution < -0.4 is 15.8 Å². The molecule has 0 bridgehead atoms. The molecule has 0 radical (unpaired) electrons. The number of ether oxygens (including phenoxy) is 1. The lowest BCUT2D eigenvalue weighted by molar-refractivity contribution is 0.102. The van der Waals surface area contributed by atoms with Gasteiger partial charge in [-0.15, -0.1) is 0 Å². The third kappa shape index (κ3) is 3.52. The van der Waals surface area contributed by atoms with E-state index in [1.165, 1.54) is 18.3 Å². The van der Waals surface area contributed by atoms with E-state index >= 15 is 0 Å². The molecular formula is C17H14FN3O2S. The first-order valence-corrected chi connectivity index (χ1v) is 7.91. The summed E-state index contributed by atoms with van der Waals surface area (Å²) in [5.74, 6) is -0.407. The van der Waals surface area contributed by atoms with Crippen LogP contribution in [0, 0.1) is 12.7 Å². The highest BCUT2D eigenvalue weighted by Gasteiger charge is 2.15. The van der Waals surface area contributed by atoms with E-state index < -0.39 is 11.7 Å². The molecule has 3 aromatic rings. The van der Waals surface area contributed by atoms with Gasteiger partial charge in [0.25, 0.3) is 5.91 Å². The van der Waals surface area contributed by atoms with Crippen LogP contribution in [0.1, 0.15) is 16.1 Å². The first-order valence-electron chi connectivity index (χ1n) is 7.09. The highest BCUT2D eigenvalue weighted by Crippen LogP contribution is 2.33. The number of nitrogens with one attached hydrogen (secondary N) is 1. The monoisotopic (exact) mass is 343 g/mol. The molecule has 122 valence electrons. The number of para-hydroxylation sites is 1.